The molecule has 1 aromatic heterocycles. The van der Waals surface area contributed by atoms with Crippen molar-refractivity contribution in [3.05, 3.63) is 58.5 Å². The van der Waals surface area contributed by atoms with Crippen LogP contribution in [0.5, 0.6) is 0 Å². The third kappa shape index (κ3) is 2.65. The summed E-state index contributed by atoms with van der Waals surface area (Å²) in [6.07, 6.45) is 2.71. The van der Waals surface area contributed by atoms with E-state index in [0.717, 1.165) is 12.2 Å². The highest BCUT2D eigenvalue weighted by Crippen LogP contribution is 2.23. The zero-order chi connectivity index (χ0) is 13.1. The van der Waals surface area contributed by atoms with Gasteiger partial charge < -0.3 is 9.73 Å². The molecule has 2 nitrogen and oxygen atoms in total. The number of hydrogen-bond acceptors (Lipinski definition) is 2. The van der Waals surface area contributed by atoms with E-state index < -0.39 is 0 Å². The summed E-state index contributed by atoms with van der Waals surface area (Å²) in [6.45, 7) is 6.39. The highest BCUT2D eigenvalue weighted by molar-refractivity contribution is 5.31. The monoisotopic (exact) mass is 243 g/mol. The molecular weight excluding hydrogens is 222 g/mol. The van der Waals surface area contributed by atoms with Crippen molar-refractivity contribution in [1.82, 2.24) is 5.32 Å². The number of hydrogen-bond donors (Lipinski definition) is 1. The van der Waals surface area contributed by atoms with Crippen molar-refractivity contribution in [2.75, 3.05) is 7.05 Å². The molecular formula is C16H21NO. The van der Waals surface area contributed by atoms with E-state index in [-0.39, 0.29) is 6.04 Å². The van der Waals surface area contributed by atoms with Crippen LogP contribution >= 0.6 is 0 Å². The smallest absolute Gasteiger partial charge is 0.123 e. The molecule has 0 saturated heterocycles. The van der Waals surface area contributed by atoms with Gasteiger partial charge in [0.2, 0.25) is 0 Å². The van der Waals surface area contributed by atoms with Crippen molar-refractivity contribution in [1.29, 1.82) is 0 Å². The van der Waals surface area contributed by atoms with Crippen LogP contribution in [0.4, 0.5) is 0 Å². The molecule has 18 heavy (non-hydrogen) atoms. The maximum atomic E-state index is 5.58. The molecule has 1 aromatic carbocycles. The minimum atomic E-state index is 0.238. The molecule has 96 valence electrons. The van der Waals surface area contributed by atoms with Gasteiger partial charge in [0.1, 0.15) is 5.76 Å². The second-order valence-electron chi connectivity index (χ2n) is 4.93. The van der Waals surface area contributed by atoms with E-state index in [0.29, 0.717) is 0 Å². The summed E-state index contributed by atoms with van der Waals surface area (Å²) in [7, 11) is 1.98. The fourth-order valence-corrected chi connectivity index (χ4v) is 2.23. The molecule has 2 rings (SSSR count). The quantitative estimate of drug-likeness (QED) is 0.885. The van der Waals surface area contributed by atoms with Crippen molar-refractivity contribution in [3.8, 4) is 0 Å². The summed E-state index contributed by atoms with van der Waals surface area (Å²) in [6, 6.07) is 8.90. The van der Waals surface area contributed by atoms with Gasteiger partial charge in [-0.3, -0.25) is 0 Å². The van der Waals surface area contributed by atoms with Crippen molar-refractivity contribution in [2.24, 2.45) is 0 Å². The Labute approximate surface area is 109 Å². The Morgan fingerprint density at radius 1 is 1.06 bits per heavy atom. The van der Waals surface area contributed by atoms with E-state index in [2.05, 4.69) is 44.3 Å². The van der Waals surface area contributed by atoms with Crippen molar-refractivity contribution >= 4 is 0 Å². The molecule has 0 aliphatic heterocycles. The molecule has 0 aliphatic rings. The van der Waals surface area contributed by atoms with Crippen LogP contribution in [0.1, 0.15) is 34.1 Å². The summed E-state index contributed by atoms with van der Waals surface area (Å²) in [4.78, 5) is 0. The Balaban J connectivity index is 2.20. The molecule has 2 aromatic rings. The van der Waals surface area contributed by atoms with Crippen LogP contribution in [0.15, 0.2) is 34.9 Å². The molecule has 0 spiro atoms. The van der Waals surface area contributed by atoms with Gasteiger partial charge in [-0.05, 0) is 62.6 Å². The lowest BCUT2D eigenvalue weighted by molar-refractivity contribution is 0.426. The SMILES string of the molecule is CNC(Cc1ccc(C)c(C)c1)c1occc1C. The van der Waals surface area contributed by atoms with Crippen molar-refractivity contribution in [2.45, 2.75) is 33.2 Å². The standard InChI is InChI=1S/C16H21NO/c1-11-5-6-14(9-13(11)3)10-15(17-4)16-12(2)7-8-18-16/h5-9,15,17H,10H2,1-4H3. The second-order valence-corrected chi connectivity index (χ2v) is 4.93. The zero-order valence-corrected chi connectivity index (χ0v) is 11.6. The average Bonchev–Trinajstić information content (AvgIpc) is 2.77. The third-order valence-electron chi connectivity index (χ3n) is 3.58. The van der Waals surface area contributed by atoms with Gasteiger partial charge in [0.05, 0.1) is 12.3 Å². The van der Waals surface area contributed by atoms with Crippen LogP contribution in [0.2, 0.25) is 0 Å². The Hall–Kier alpha value is -1.54. The largest absolute Gasteiger partial charge is 0.467 e. The minimum absolute atomic E-state index is 0.238. The summed E-state index contributed by atoms with van der Waals surface area (Å²) in [5.74, 6) is 1.04. The number of rotatable bonds is 4. The Kier molecular flexibility index (Phi) is 3.87. The highest BCUT2D eigenvalue weighted by atomic mass is 16.3. The molecule has 0 amide bonds. The molecule has 0 saturated carbocycles. The lowest BCUT2D eigenvalue weighted by atomic mass is 9.99. The van der Waals surface area contributed by atoms with Crippen LogP contribution in [0, 0.1) is 20.8 Å². The number of aryl methyl sites for hydroxylation is 3. The summed E-state index contributed by atoms with van der Waals surface area (Å²) in [5, 5.41) is 3.33. The van der Waals surface area contributed by atoms with Crippen LogP contribution < -0.4 is 5.32 Å². The van der Waals surface area contributed by atoms with E-state index in [1.165, 1.54) is 22.3 Å². The van der Waals surface area contributed by atoms with Crippen LogP contribution in [0.25, 0.3) is 0 Å². The molecule has 1 atom stereocenters. The number of furan rings is 1. The topological polar surface area (TPSA) is 25.2 Å². The summed E-state index contributed by atoms with van der Waals surface area (Å²) < 4.78 is 5.58. The molecule has 1 unspecified atom stereocenters. The maximum Gasteiger partial charge on any atom is 0.123 e. The molecule has 2 heteroatoms. The third-order valence-corrected chi connectivity index (χ3v) is 3.58. The first-order valence-electron chi connectivity index (χ1n) is 6.39. The highest BCUT2D eigenvalue weighted by Gasteiger charge is 2.15. The van der Waals surface area contributed by atoms with Crippen LogP contribution in [0.3, 0.4) is 0 Å². The van der Waals surface area contributed by atoms with Gasteiger partial charge in [0, 0.05) is 0 Å². The molecule has 0 aliphatic carbocycles. The lowest BCUT2D eigenvalue weighted by Gasteiger charge is -2.15. The first-order valence-corrected chi connectivity index (χ1v) is 6.39. The Morgan fingerprint density at radius 2 is 1.83 bits per heavy atom. The molecule has 0 radical (unpaired) electrons. The van der Waals surface area contributed by atoms with Crippen molar-refractivity contribution < 1.29 is 4.42 Å². The maximum absolute atomic E-state index is 5.58. The second kappa shape index (κ2) is 5.40. The zero-order valence-electron chi connectivity index (χ0n) is 11.6. The summed E-state index contributed by atoms with van der Waals surface area (Å²) >= 11 is 0. The molecule has 1 N–H and O–H groups in total. The first-order chi connectivity index (χ1) is 8.61. The van der Waals surface area contributed by atoms with Gasteiger partial charge in [0.25, 0.3) is 0 Å². The first kappa shape index (κ1) is 12.9. The predicted molar refractivity (Wildman–Crippen MR) is 74.9 cm³/mol. The van der Waals surface area contributed by atoms with Crippen molar-refractivity contribution in [3.63, 3.8) is 0 Å². The van der Waals surface area contributed by atoms with E-state index in [9.17, 15) is 0 Å². The van der Waals surface area contributed by atoms with Gasteiger partial charge in [-0.2, -0.15) is 0 Å². The average molecular weight is 243 g/mol. The van der Waals surface area contributed by atoms with E-state index >= 15 is 0 Å². The molecule has 1 heterocycles. The normalized spacial score (nSPS) is 12.7. The number of nitrogens with one attached hydrogen (secondary N) is 1. The minimum Gasteiger partial charge on any atom is -0.467 e. The lowest BCUT2D eigenvalue weighted by Crippen LogP contribution is -2.19. The number of benzene rings is 1. The fourth-order valence-electron chi connectivity index (χ4n) is 2.23. The van der Waals surface area contributed by atoms with E-state index in [1.807, 2.05) is 13.1 Å². The Morgan fingerprint density at radius 3 is 2.39 bits per heavy atom. The van der Waals surface area contributed by atoms with Gasteiger partial charge >= 0.3 is 0 Å². The van der Waals surface area contributed by atoms with Gasteiger partial charge in [-0.15, -0.1) is 0 Å². The van der Waals surface area contributed by atoms with Gasteiger partial charge in [0.15, 0.2) is 0 Å². The number of likely N-dealkylation sites (N-methyl/N-ethyl adjacent to an activating group) is 1. The molecule has 0 fully saturated rings. The summed E-state index contributed by atoms with van der Waals surface area (Å²) in [5.41, 5.74) is 5.24. The molecule has 0 bridgehead atoms. The Bertz CT molecular complexity index is 528. The van der Waals surface area contributed by atoms with Crippen LogP contribution in [-0.4, -0.2) is 7.05 Å². The van der Waals surface area contributed by atoms with Gasteiger partial charge in [-0.25, -0.2) is 0 Å². The van der Waals surface area contributed by atoms with Crippen LogP contribution in [-0.2, 0) is 6.42 Å². The predicted octanol–water partition coefficient (Wildman–Crippen LogP) is 3.71. The van der Waals surface area contributed by atoms with E-state index in [1.54, 1.807) is 6.26 Å². The fraction of sp³-hybridized carbons (Fsp3) is 0.375. The van der Waals surface area contributed by atoms with E-state index in [4.69, 9.17) is 4.42 Å². The van der Waals surface area contributed by atoms with Gasteiger partial charge in [-0.1, -0.05) is 18.2 Å².